The van der Waals surface area contributed by atoms with E-state index in [0.29, 0.717) is 12.1 Å². The fraction of sp³-hybridized carbons (Fsp3) is 1.00. The molecular formula is C10H21NO. The average Bonchev–Trinajstić information content (AvgIpc) is 2.53. The Hall–Kier alpha value is -0.0800. The molecule has 1 heterocycles. The van der Waals surface area contributed by atoms with Crippen LogP contribution in [0.4, 0.5) is 0 Å². The van der Waals surface area contributed by atoms with E-state index >= 15 is 0 Å². The Labute approximate surface area is 75.7 Å². The number of hydrogen-bond acceptors (Lipinski definition) is 2. The zero-order valence-corrected chi connectivity index (χ0v) is 8.31. The molecule has 0 aromatic heterocycles. The standard InChI is InChI=1S/C10H21NO/c1-3-5-9(2)12-8-10-6-4-7-11-10/h9-11H,3-8H2,1-2H3/t9?,10-/m1/s1. The number of nitrogens with one attached hydrogen (secondary N) is 1. The second-order valence-electron chi connectivity index (χ2n) is 3.73. The summed E-state index contributed by atoms with van der Waals surface area (Å²) < 4.78 is 5.70. The molecule has 1 saturated heterocycles. The summed E-state index contributed by atoms with van der Waals surface area (Å²) in [4.78, 5) is 0. The summed E-state index contributed by atoms with van der Waals surface area (Å²) in [5, 5.41) is 3.43. The first kappa shape index (κ1) is 10.0. The molecule has 2 heteroatoms. The predicted molar refractivity (Wildman–Crippen MR) is 51.3 cm³/mol. The lowest BCUT2D eigenvalue weighted by atomic mass is 10.2. The highest BCUT2D eigenvalue weighted by atomic mass is 16.5. The highest BCUT2D eigenvalue weighted by Crippen LogP contribution is 2.08. The van der Waals surface area contributed by atoms with Gasteiger partial charge in [0.15, 0.2) is 0 Å². The van der Waals surface area contributed by atoms with Gasteiger partial charge in [-0.2, -0.15) is 0 Å². The average molecular weight is 171 g/mol. The maximum atomic E-state index is 5.70. The van der Waals surface area contributed by atoms with Gasteiger partial charge in [-0.05, 0) is 32.7 Å². The highest BCUT2D eigenvalue weighted by molar-refractivity contribution is 4.73. The van der Waals surface area contributed by atoms with Gasteiger partial charge in [0, 0.05) is 6.04 Å². The van der Waals surface area contributed by atoms with Crippen molar-refractivity contribution in [3.8, 4) is 0 Å². The van der Waals surface area contributed by atoms with Crippen LogP contribution in [0.5, 0.6) is 0 Å². The molecule has 0 aromatic carbocycles. The van der Waals surface area contributed by atoms with E-state index < -0.39 is 0 Å². The fourth-order valence-electron chi connectivity index (χ4n) is 1.67. The normalized spacial score (nSPS) is 26.0. The molecular weight excluding hydrogens is 150 g/mol. The van der Waals surface area contributed by atoms with Crippen molar-refractivity contribution in [2.75, 3.05) is 13.2 Å². The Morgan fingerprint density at radius 2 is 2.42 bits per heavy atom. The molecule has 0 bridgehead atoms. The minimum Gasteiger partial charge on any atom is -0.377 e. The summed E-state index contributed by atoms with van der Waals surface area (Å²) in [5.74, 6) is 0. The van der Waals surface area contributed by atoms with Crippen LogP contribution in [0.2, 0.25) is 0 Å². The Morgan fingerprint density at radius 1 is 1.58 bits per heavy atom. The van der Waals surface area contributed by atoms with Gasteiger partial charge in [0.25, 0.3) is 0 Å². The zero-order chi connectivity index (χ0) is 8.81. The number of ether oxygens (including phenoxy) is 1. The Morgan fingerprint density at radius 3 is 3.00 bits per heavy atom. The van der Waals surface area contributed by atoms with Crippen molar-refractivity contribution in [1.29, 1.82) is 0 Å². The summed E-state index contributed by atoms with van der Waals surface area (Å²) in [6, 6.07) is 0.629. The topological polar surface area (TPSA) is 21.3 Å². The Bertz CT molecular complexity index is 110. The molecule has 0 spiro atoms. The van der Waals surface area contributed by atoms with Crippen molar-refractivity contribution < 1.29 is 4.74 Å². The van der Waals surface area contributed by atoms with E-state index in [4.69, 9.17) is 4.74 Å². The molecule has 2 nitrogen and oxygen atoms in total. The molecule has 1 aliphatic heterocycles. The van der Waals surface area contributed by atoms with Crippen LogP contribution in [0, 0.1) is 0 Å². The van der Waals surface area contributed by atoms with Gasteiger partial charge in [-0.3, -0.25) is 0 Å². The minimum absolute atomic E-state index is 0.442. The summed E-state index contributed by atoms with van der Waals surface area (Å²) in [7, 11) is 0. The van der Waals surface area contributed by atoms with Gasteiger partial charge < -0.3 is 10.1 Å². The molecule has 1 rings (SSSR count). The molecule has 0 amide bonds. The van der Waals surface area contributed by atoms with E-state index in [1.165, 1.54) is 32.2 Å². The first-order valence-electron chi connectivity index (χ1n) is 5.18. The van der Waals surface area contributed by atoms with Crippen LogP contribution in [0.15, 0.2) is 0 Å². The third kappa shape index (κ3) is 3.55. The van der Waals surface area contributed by atoms with Gasteiger partial charge in [-0.15, -0.1) is 0 Å². The summed E-state index contributed by atoms with van der Waals surface area (Å²) in [6.45, 7) is 6.45. The largest absolute Gasteiger partial charge is 0.377 e. The molecule has 0 aromatic rings. The van der Waals surface area contributed by atoms with Crippen LogP contribution in [0.1, 0.15) is 39.5 Å². The van der Waals surface area contributed by atoms with Crippen molar-refractivity contribution in [1.82, 2.24) is 5.32 Å². The van der Waals surface area contributed by atoms with E-state index in [2.05, 4.69) is 19.2 Å². The molecule has 0 aliphatic carbocycles. The van der Waals surface area contributed by atoms with Crippen LogP contribution in [-0.4, -0.2) is 25.3 Å². The summed E-state index contributed by atoms with van der Waals surface area (Å²) >= 11 is 0. The first-order valence-corrected chi connectivity index (χ1v) is 5.18. The smallest absolute Gasteiger partial charge is 0.0623 e. The van der Waals surface area contributed by atoms with E-state index in [0.717, 1.165) is 6.61 Å². The molecule has 1 unspecified atom stereocenters. The second kappa shape index (κ2) is 5.55. The van der Waals surface area contributed by atoms with Crippen molar-refractivity contribution in [2.24, 2.45) is 0 Å². The van der Waals surface area contributed by atoms with Gasteiger partial charge >= 0.3 is 0 Å². The van der Waals surface area contributed by atoms with Gasteiger partial charge in [-0.1, -0.05) is 13.3 Å². The molecule has 1 aliphatic rings. The monoisotopic (exact) mass is 171 g/mol. The van der Waals surface area contributed by atoms with Crippen LogP contribution in [0.25, 0.3) is 0 Å². The molecule has 1 fully saturated rings. The fourth-order valence-corrected chi connectivity index (χ4v) is 1.67. The van der Waals surface area contributed by atoms with Crippen molar-refractivity contribution in [3.05, 3.63) is 0 Å². The highest BCUT2D eigenvalue weighted by Gasteiger charge is 2.14. The van der Waals surface area contributed by atoms with Gasteiger partial charge in [0.05, 0.1) is 12.7 Å². The van der Waals surface area contributed by atoms with Crippen molar-refractivity contribution >= 4 is 0 Å². The quantitative estimate of drug-likeness (QED) is 0.682. The van der Waals surface area contributed by atoms with Gasteiger partial charge in [0.2, 0.25) is 0 Å². The lowest BCUT2D eigenvalue weighted by Crippen LogP contribution is -2.28. The Kier molecular flexibility index (Phi) is 4.62. The van der Waals surface area contributed by atoms with E-state index in [1.807, 2.05) is 0 Å². The second-order valence-corrected chi connectivity index (χ2v) is 3.73. The maximum Gasteiger partial charge on any atom is 0.0623 e. The molecule has 2 atom stereocenters. The zero-order valence-electron chi connectivity index (χ0n) is 8.31. The summed E-state index contributed by atoms with van der Waals surface area (Å²) in [6.07, 6.45) is 5.46. The van der Waals surface area contributed by atoms with Crippen molar-refractivity contribution in [3.63, 3.8) is 0 Å². The third-order valence-electron chi connectivity index (χ3n) is 2.44. The van der Waals surface area contributed by atoms with Crippen LogP contribution in [0.3, 0.4) is 0 Å². The molecule has 0 saturated carbocycles. The maximum absolute atomic E-state index is 5.70. The molecule has 1 N–H and O–H groups in total. The SMILES string of the molecule is CCCC(C)OC[C@H]1CCCN1. The van der Waals surface area contributed by atoms with Crippen LogP contribution < -0.4 is 5.32 Å². The number of rotatable bonds is 5. The summed E-state index contributed by atoms with van der Waals surface area (Å²) in [5.41, 5.74) is 0. The van der Waals surface area contributed by atoms with Crippen LogP contribution >= 0.6 is 0 Å². The molecule has 0 radical (unpaired) electrons. The van der Waals surface area contributed by atoms with Gasteiger partial charge in [0.1, 0.15) is 0 Å². The van der Waals surface area contributed by atoms with Crippen LogP contribution in [-0.2, 0) is 4.74 Å². The lowest BCUT2D eigenvalue weighted by molar-refractivity contribution is 0.0474. The van der Waals surface area contributed by atoms with Crippen molar-refractivity contribution in [2.45, 2.75) is 51.7 Å². The third-order valence-corrected chi connectivity index (χ3v) is 2.44. The first-order chi connectivity index (χ1) is 5.83. The molecule has 72 valence electrons. The lowest BCUT2D eigenvalue weighted by Gasteiger charge is -2.15. The van der Waals surface area contributed by atoms with E-state index in [1.54, 1.807) is 0 Å². The predicted octanol–water partition coefficient (Wildman–Crippen LogP) is 1.94. The van der Waals surface area contributed by atoms with E-state index in [-0.39, 0.29) is 0 Å². The molecule has 12 heavy (non-hydrogen) atoms. The van der Waals surface area contributed by atoms with E-state index in [9.17, 15) is 0 Å². The van der Waals surface area contributed by atoms with Gasteiger partial charge in [-0.25, -0.2) is 0 Å². The Balaban J connectivity index is 1.99. The minimum atomic E-state index is 0.442. The number of hydrogen-bond donors (Lipinski definition) is 1.